The van der Waals surface area contributed by atoms with Crippen LogP contribution in [0.1, 0.15) is 29.9 Å². The Bertz CT molecular complexity index is 619. The summed E-state index contributed by atoms with van der Waals surface area (Å²) in [6.45, 7) is 4.63. The van der Waals surface area contributed by atoms with Crippen LogP contribution < -0.4 is 11.3 Å². The van der Waals surface area contributed by atoms with Gasteiger partial charge in [-0.05, 0) is 26.0 Å². The smallest absolute Gasteiger partial charge is 0.0847 e. The summed E-state index contributed by atoms with van der Waals surface area (Å²) >= 11 is 18.8. The van der Waals surface area contributed by atoms with Crippen LogP contribution in [0.25, 0.3) is 0 Å². The first-order chi connectivity index (χ1) is 9.99. The molecule has 0 spiro atoms. The highest BCUT2D eigenvalue weighted by Crippen LogP contribution is 2.33. The summed E-state index contributed by atoms with van der Waals surface area (Å²) in [5, 5.41) is 6.20. The van der Waals surface area contributed by atoms with Crippen LogP contribution >= 0.6 is 34.8 Å². The van der Waals surface area contributed by atoms with E-state index in [0.717, 1.165) is 23.5 Å². The molecule has 0 aliphatic carbocycles. The molecule has 0 radical (unpaired) electrons. The van der Waals surface area contributed by atoms with E-state index in [-0.39, 0.29) is 6.04 Å². The average Bonchev–Trinajstić information content (AvgIpc) is 2.73. The number of hydrazine groups is 1. The molecule has 0 aliphatic rings. The Morgan fingerprint density at radius 2 is 1.90 bits per heavy atom. The molecule has 1 aromatic heterocycles. The number of aryl methyl sites for hydroxylation is 2. The second-order valence-corrected chi connectivity index (χ2v) is 5.91. The molecule has 0 saturated carbocycles. The number of halogens is 3. The lowest BCUT2D eigenvalue weighted by Gasteiger charge is -2.19. The predicted octanol–water partition coefficient (Wildman–Crippen LogP) is 3.92. The van der Waals surface area contributed by atoms with Gasteiger partial charge in [0.2, 0.25) is 0 Å². The first-order valence-electron chi connectivity index (χ1n) is 6.61. The number of nitrogens with zero attached hydrogens (tertiary/aromatic N) is 2. The van der Waals surface area contributed by atoms with Crippen molar-refractivity contribution < 1.29 is 0 Å². The van der Waals surface area contributed by atoms with Gasteiger partial charge in [-0.15, -0.1) is 0 Å². The van der Waals surface area contributed by atoms with Crippen LogP contribution in [0.2, 0.25) is 15.1 Å². The molecule has 0 amide bonds. The molecule has 2 aromatic rings. The number of nitrogens with two attached hydrogens (primary N) is 1. The van der Waals surface area contributed by atoms with Crippen LogP contribution in [0.15, 0.2) is 18.2 Å². The average molecular weight is 348 g/mol. The van der Waals surface area contributed by atoms with E-state index < -0.39 is 0 Å². The number of benzene rings is 1. The fourth-order valence-corrected chi connectivity index (χ4v) is 3.22. The zero-order valence-corrected chi connectivity index (χ0v) is 14.1. The summed E-state index contributed by atoms with van der Waals surface area (Å²) in [7, 11) is 0. The molecule has 114 valence electrons. The monoisotopic (exact) mass is 346 g/mol. The van der Waals surface area contributed by atoms with Crippen LogP contribution in [0.4, 0.5) is 0 Å². The molecule has 4 nitrogen and oxygen atoms in total. The molecule has 1 unspecified atom stereocenters. The summed E-state index contributed by atoms with van der Waals surface area (Å²) in [6.07, 6.45) is 0.549. The summed E-state index contributed by atoms with van der Waals surface area (Å²) in [4.78, 5) is 0. The van der Waals surface area contributed by atoms with Crippen molar-refractivity contribution in [2.24, 2.45) is 5.84 Å². The number of aromatic nitrogens is 2. The van der Waals surface area contributed by atoms with Crippen LogP contribution in [0.3, 0.4) is 0 Å². The number of hydrogen-bond acceptors (Lipinski definition) is 3. The summed E-state index contributed by atoms with van der Waals surface area (Å²) in [5.41, 5.74) is 5.25. The van der Waals surface area contributed by atoms with E-state index in [9.17, 15) is 0 Å². The molecule has 0 aliphatic heterocycles. The van der Waals surface area contributed by atoms with Gasteiger partial charge in [0.15, 0.2) is 0 Å². The van der Waals surface area contributed by atoms with Gasteiger partial charge in [0, 0.05) is 28.6 Å². The maximum atomic E-state index is 6.34. The Morgan fingerprint density at radius 1 is 1.29 bits per heavy atom. The molecule has 1 aromatic carbocycles. The topological polar surface area (TPSA) is 55.9 Å². The van der Waals surface area contributed by atoms with Crippen LogP contribution in [0.5, 0.6) is 0 Å². The van der Waals surface area contributed by atoms with Crippen LogP contribution in [-0.4, -0.2) is 9.78 Å². The summed E-state index contributed by atoms with van der Waals surface area (Å²) < 4.78 is 1.87. The Hall–Kier alpha value is -0.780. The summed E-state index contributed by atoms with van der Waals surface area (Å²) in [5.74, 6) is 5.70. The third-order valence-corrected chi connectivity index (χ3v) is 4.55. The molecular formula is C14H17Cl3N4. The Morgan fingerprint density at radius 3 is 2.43 bits per heavy atom. The highest BCUT2D eigenvalue weighted by Gasteiger charge is 2.22. The van der Waals surface area contributed by atoms with Crippen molar-refractivity contribution in [1.82, 2.24) is 15.2 Å². The van der Waals surface area contributed by atoms with Crippen molar-refractivity contribution in [3.05, 3.63) is 50.2 Å². The zero-order chi connectivity index (χ0) is 15.6. The van der Waals surface area contributed by atoms with Gasteiger partial charge < -0.3 is 0 Å². The minimum atomic E-state index is -0.245. The SMILES string of the molecule is CCn1nc(C)c(Cl)c1CC(NN)c1c(Cl)cccc1Cl. The molecule has 0 saturated heterocycles. The van der Waals surface area contributed by atoms with Crippen molar-refractivity contribution in [3.8, 4) is 0 Å². The number of nitrogens with one attached hydrogen (secondary N) is 1. The minimum Gasteiger partial charge on any atom is -0.271 e. The van der Waals surface area contributed by atoms with Gasteiger partial charge in [-0.3, -0.25) is 16.0 Å². The maximum Gasteiger partial charge on any atom is 0.0847 e. The maximum absolute atomic E-state index is 6.34. The lowest BCUT2D eigenvalue weighted by molar-refractivity contribution is 0.517. The molecule has 2 rings (SSSR count). The molecule has 0 bridgehead atoms. The molecule has 3 N–H and O–H groups in total. The minimum absolute atomic E-state index is 0.245. The zero-order valence-electron chi connectivity index (χ0n) is 11.8. The molecule has 0 fully saturated rings. The third kappa shape index (κ3) is 3.35. The Labute approximate surface area is 139 Å². The standard InChI is InChI=1S/C14H17Cl3N4/c1-3-21-12(14(17)8(2)20-21)7-11(19-18)13-9(15)5-4-6-10(13)16/h4-6,11,19H,3,7,18H2,1-2H3. The van der Waals surface area contributed by atoms with Crippen molar-refractivity contribution in [1.29, 1.82) is 0 Å². The van der Waals surface area contributed by atoms with Crippen molar-refractivity contribution in [2.45, 2.75) is 32.9 Å². The highest BCUT2D eigenvalue weighted by atomic mass is 35.5. The second-order valence-electron chi connectivity index (χ2n) is 4.72. The lowest BCUT2D eigenvalue weighted by Crippen LogP contribution is -2.30. The number of hydrogen-bond donors (Lipinski definition) is 2. The van der Waals surface area contributed by atoms with E-state index in [2.05, 4.69) is 10.5 Å². The third-order valence-electron chi connectivity index (χ3n) is 3.40. The summed E-state index contributed by atoms with van der Waals surface area (Å²) in [6, 6.07) is 5.13. The fraction of sp³-hybridized carbons (Fsp3) is 0.357. The Kier molecular flexibility index (Phi) is 5.52. The molecular weight excluding hydrogens is 331 g/mol. The Balaban J connectivity index is 2.41. The van der Waals surface area contributed by atoms with E-state index in [1.807, 2.05) is 18.5 Å². The predicted molar refractivity (Wildman–Crippen MR) is 87.9 cm³/mol. The van der Waals surface area contributed by atoms with Gasteiger partial charge in [0.05, 0.1) is 22.5 Å². The molecule has 1 heterocycles. The van der Waals surface area contributed by atoms with Crippen molar-refractivity contribution in [2.75, 3.05) is 0 Å². The van der Waals surface area contributed by atoms with E-state index in [0.29, 0.717) is 21.5 Å². The van der Waals surface area contributed by atoms with E-state index in [1.54, 1.807) is 18.2 Å². The lowest BCUT2D eigenvalue weighted by atomic mass is 10.0. The second kappa shape index (κ2) is 6.99. The van der Waals surface area contributed by atoms with Crippen molar-refractivity contribution in [3.63, 3.8) is 0 Å². The van der Waals surface area contributed by atoms with E-state index in [4.69, 9.17) is 40.6 Å². The molecule has 1 atom stereocenters. The molecule has 7 heteroatoms. The van der Waals surface area contributed by atoms with Crippen LogP contribution in [-0.2, 0) is 13.0 Å². The normalized spacial score (nSPS) is 12.7. The van der Waals surface area contributed by atoms with Gasteiger partial charge in [-0.2, -0.15) is 5.10 Å². The molecule has 21 heavy (non-hydrogen) atoms. The van der Waals surface area contributed by atoms with Gasteiger partial charge >= 0.3 is 0 Å². The largest absolute Gasteiger partial charge is 0.271 e. The highest BCUT2D eigenvalue weighted by molar-refractivity contribution is 6.36. The number of rotatable bonds is 5. The van der Waals surface area contributed by atoms with Crippen LogP contribution in [0, 0.1) is 6.92 Å². The van der Waals surface area contributed by atoms with Gasteiger partial charge in [-0.25, -0.2) is 0 Å². The quantitative estimate of drug-likeness (QED) is 0.636. The fourth-order valence-electron chi connectivity index (χ4n) is 2.35. The van der Waals surface area contributed by atoms with Gasteiger partial charge in [0.1, 0.15) is 0 Å². The van der Waals surface area contributed by atoms with Gasteiger partial charge in [0.25, 0.3) is 0 Å². The van der Waals surface area contributed by atoms with Crippen molar-refractivity contribution >= 4 is 34.8 Å². The first kappa shape index (κ1) is 16.6. The van der Waals surface area contributed by atoms with E-state index in [1.165, 1.54) is 0 Å². The first-order valence-corrected chi connectivity index (χ1v) is 7.74. The van der Waals surface area contributed by atoms with E-state index >= 15 is 0 Å². The van der Waals surface area contributed by atoms with Gasteiger partial charge in [-0.1, -0.05) is 40.9 Å².